The van der Waals surface area contributed by atoms with Crippen molar-refractivity contribution in [3.63, 3.8) is 0 Å². The predicted molar refractivity (Wildman–Crippen MR) is 91.9 cm³/mol. The van der Waals surface area contributed by atoms with Gasteiger partial charge in [-0.15, -0.1) is 0 Å². The van der Waals surface area contributed by atoms with Crippen LogP contribution in [0.5, 0.6) is 0 Å². The molecule has 0 saturated heterocycles. The van der Waals surface area contributed by atoms with Crippen LogP contribution in [0.2, 0.25) is 0 Å². The normalized spacial score (nSPS) is 11.6. The molecule has 0 spiro atoms. The Hall–Kier alpha value is -1.00. The van der Waals surface area contributed by atoms with E-state index in [0.717, 1.165) is 31.5 Å². The second-order valence-corrected chi connectivity index (χ2v) is 6.40. The second kappa shape index (κ2) is 8.44. The average Bonchev–Trinajstić information content (AvgIpc) is 2.41. The number of benzene rings is 1. The molecule has 0 heterocycles. The Labute approximate surface area is 133 Å². The molecule has 0 radical (unpaired) electrons. The Morgan fingerprint density at radius 2 is 1.90 bits per heavy atom. The smallest absolute Gasteiger partial charge is 0.123 e. The van der Waals surface area contributed by atoms with Gasteiger partial charge in [-0.3, -0.25) is 4.90 Å². The van der Waals surface area contributed by atoms with E-state index in [0.29, 0.717) is 17.5 Å². The summed E-state index contributed by atoms with van der Waals surface area (Å²) >= 11 is 5.06. The fraction of sp³-hybridized carbons (Fsp3) is 0.588. The van der Waals surface area contributed by atoms with E-state index >= 15 is 0 Å². The largest absolute Gasteiger partial charge is 0.389 e. The fourth-order valence-corrected chi connectivity index (χ4v) is 2.94. The molecule has 0 bridgehead atoms. The molecule has 1 aromatic carbocycles. The van der Waals surface area contributed by atoms with Gasteiger partial charge in [0, 0.05) is 24.7 Å². The van der Waals surface area contributed by atoms with Crippen LogP contribution >= 0.6 is 12.2 Å². The molecule has 21 heavy (non-hydrogen) atoms. The van der Waals surface area contributed by atoms with Crippen LogP contribution in [0.4, 0.5) is 4.39 Å². The third kappa shape index (κ3) is 5.36. The molecule has 0 aromatic heterocycles. The van der Waals surface area contributed by atoms with Gasteiger partial charge in [-0.05, 0) is 36.5 Å². The van der Waals surface area contributed by atoms with Crippen molar-refractivity contribution >= 4 is 17.2 Å². The van der Waals surface area contributed by atoms with Crippen LogP contribution in [0, 0.1) is 11.7 Å². The lowest BCUT2D eigenvalue weighted by molar-refractivity contribution is 0.157. The summed E-state index contributed by atoms with van der Waals surface area (Å²) in [6, 6.07) is 5.26. The predicted octanol–water partition coefficient (Wildman–Crippen LogP) is 4.11. The number of hydrogen-bond donors (Lipinski definition) is 1. The van der Waals surface area contributed by atoms with Gasteiger partial charge in [-0.25, -0.2) is 4.39 Å². The first-order valence-electron chi connectivity index (χ1n) is 7.71. The molecule has 0 amide bonds. The minimum absolute atomic E-state index is 0.263. The molecule has 118 valence electrons. The number of halogens is 1. The minimum atomic E-state index is -0.292. The van der Waals surface area contributed by atoms with E-state index in [4.69, 9.17) is 18.0 Å². The molecular weight excluding hydrogens is 283 g/mol. The van der Waals surface area contributed by atoms with Crippen molar-refractivity contribution in [1.29, 1.82) is 0 Å². The van der Waals surface area contributed by atoms with Gasteiger partial charge in [-0.1, -0.05) is 46.0 Å². The Kier molecular flexibility index (Phi) is 7.26. The van der Waals surface area contributed by atoms with Crippen LogP contribution < -0.4 is 5.73 Å². The standard InChI is InChI=1S/C17H27FN2S/c1-5-15(6-2)20(10-12(3)4)11-13-7-8-14(18)9-16(13)17(19)21/h7-9,12,15H,5-6,10-11H2,1-4H3,(H2,19,21). The molecule has 0 saturated carbocycles. The van der Waals surface area contributed by atoms with Gasteiger partial charge in [-0.2, -0.15) is 0 Å². The molecule has 0 fully saturated rings. The van der Waals surface area contributed by atoms with E-state index in [-0.39, 0.29) is 10.8 Å². The van der Waals surface area contributed by atoms with Crippen LogP contribution in [0.15, 0.2) is 18.2 Å². The molecular formula is C17H27FN2S. The molecule has 4 heteroatoms. The first kappa shape index (κ1) is 18.1. The summed E-state index contributed by atoms with van der Waals surface area (Å²) in [4.78, 5) is 2.72. The maximum atomic E-state index is 13.4. The maximum absolute atomic E-state index is 13.4. The topological polar surface area (TPSA) is 29.3 Å². The molecule has 0 aliphatic carbocycles. The van der Waals surface area contributed by atoms with E-state index in [9.17, 15) is 4.39 Å². The zero-order valence-electron chi connectivity index (χ0n) is 13.5. The zero-order valence-corrected chi connectivity index (χ0v) is 14.3. The minimum Gasteiger partial charge on any atom is -0.389 e. The molecule has 0 atom stereocenters. The van der Waals surface area contributed by atoms with E-state index < -0.39 is 0 Å². The van der Waals surface area contributed by atoms with E-state index in [1.165, 1.54) is 12.1 Å². The van der Waals surface area contributed by atoms with Crippen molar-refractivity contribution in [2.75, 3.05) is 6.54 Å². The van der Waals surface area contributed by atoms with Crippen molar-refractivity contribution in [3.8, 4) is 0 Å². The van der Waals surface area contributed by atoms with E-state index in [1.54, 1.807) is 6.07 Å². The number of thiocarbonyl (C=S) groups is 1. The highest BCUT2D eigenvalue weighted by atomic mass is 32.1. The molecule has 0 unspecified atom stereocenters. The number of rotatable bonds is 8. The van der Waals surface area contributed by atoms with Crippen LogP contribution in [0.25, 0.3) is 0 Å². The molecule has 1 rings (SSSR count). The summed E-state index contributed by atoms with van der Waals surface area (Å²) in [6.07, 6.45) is 2.21. The van der Waals surface area contributed by atoms with Crippen LogP contribution in [0.3, 0.4) is 0 Å². The van der Waals surface area contributed by atoms with Gasteiger partial charge in [0.1, 0.15) is 10.8 Å². The highest BCUT2D eigenvalue weighted by Gasteiger charge is 2.18. The lowest BCUT2D eigenvalue weighted by atomic mass is 10.0. The third-order valence-electron chi connectivity index (χ3n) is 3.77. The van der Waals surface area contributed by atoms with Gasteiger partial charge in [0.05, 0.1) is 0 Å². The molecule has 0 aliphatic heterocycles. The van der Waals surface area contributed by atoms with Crippen molar-refractivity contribution in [2.24, 2.45) is 11.7 Å². The fourth-order valence-electron chi connectivity index (χ4n) is 2.75. The van der Waals surface area contributed by atoms with Gasteiger partial charge < -0.3 is 5.73 Å². The SMILES string of the molecule is CCC(CC)N(Cc1ccc(F)cc1C(N)=S)CC(C)C. The lowest BCUT2D eigenvalue weighted by Crippen LogP contribution is -2.37. The summed E-state index contributed by atoms with van der Waals surface area (Å²) in [7, 11) is 0. The van der Waals surface area contributed by atoms with Gasteiger partial charge in [0.2, 0.25) is 0 Å². The molecule has 0 aliphatic rings. The molecule has 2 N–H and O–H groups in total. The Morgan fingerprint density at radius 3 is 2.38 bits per heavy atom. The monoisotopic (exact) mass is 310 g/mol. The highest BCUT2D eigenvalue weighted by molar-refractivity contribution is 7.80. The van der Waals surface area contributed by atoms with Gasteiger partial charge >= 0.3 is 0 Å². The Bertz CT molecular complexity index is 470. The Morgan fingerprint density at radius 1 is 1.29 bits per heavy atom. The number of nitrogens with zero attached hydrogens (tertiary/aromatic N) is 1. The molecule has 2 nitrogen and oxygen atoms in total. The van der Waals surface area contributed by atoms with Crippen molar-refractivity contribution < 1.29 is 4.39 Å². The van der Waals surface area contributed by atoms with Crippen LogP contribution in [0.1, 0.15) is 51.7 Å². The van der Waals surface area contributed by atoms with E-state index in [2.05, 4.69) is 32.6 Å². The number of nitrogens with two attached hydrogens (primary N) is 1. The summed E-state index contributed by atoms with van der Waals surface area (Å²) in [5.74, 6) is 0.291. The maximum Gasteiger partial charge on any atom is 0.123 e. The highest BCUT2D eigenvalue weighted by Crippen LogP contribution is 2.19. The van der Waals surface area contributed by atoms with Crippen molar-refractivity contribution in [1.82, 2.24) is 4.90 Å². The number of hydrogen-bond acceptors (Lipinski definition) is 2. The summed E-state index contributed by atoms with van der Waals surface area (Å²) in [6.45, 7) is 10.6. The first-order chi connectivity index (χ1) is 9.88. The zero-order chi connectivity index (χ0) is 16.0. The summed E-state index contributed by atoms with van der Waals surface area (Å²) in [5.41, 5.74) is 7.42. The Balaban J connectivity index is 3.05. The average molecular weight is 310 g/mol. The second-order valence-electron chi connectivity index (χ2n) is 5.96. The third-order valence-corrected chi connectivity index (χ3v) is 3.99. The lowest BCUT2D eigenvalue weighted by Gasteiger charge is -2.32. The van der Waals surface area contributed by atoms with E-state index in [1.807, 2.05) is 0 Å². The van der Waals surface area contributed by atoms with Crippen LogP contribution in [-0.4, -0.2) is 22.5 Å². The first-order valence-corrected chi connectivity index (χ1v) is 8.12. The quantitative estimate of drug-likeness (QED) is 0.733. The summed E-state index contributed by atoms with van der Waals surface area (Å²) in [5, 5.41) is 0. The molecule has 1 aromatic rings. The van der Waals surface area contributed by atoms with Crippen molar-refractivity contribution in [3.05, 3.63) is 35.1 Å². The van der Waals surface area contributed by atoms with Crippen LogP contribution in [-0.2, 0) is 6.54 Å². The van der Waals surface area contributed by atoms with Gasteiger partial charge in [0.15, 0.2) is 0 Å². The van der Waals surface area contributed by atoms with Gasteiger partial charge in [0.25, 0.3) is 0 Å². The summed E-state index contributed by atoms with van der Waals surface area (Å²) < 4.78 is 13.4. The van der Waals surface area contributed by atoms with Crippen molar-refractivity contribution in [2.45, 2.75) is 53.1 Å².